The van der Waals surface area contributed by atoms with Gasteiger partial charge in [-0.2, -0.15) is 0 Å². The highest BCUT2D eigenvalue weighted by atomic mass is 19.1. The molecule has 2 amide bonds. The van der Waals surface area contributed by atoms with E-state index in [1.807, 2.05) is 0 Å². The maximum absolute atomic E-state index is 13.1. The molecule has 1 aliphatic rings. The summed E-state index contributed by atoms with van der Waals surface area (Å²) < 4.78 is 18.0. The number of anilines is 1. The Kier molecular flexibility index (Phi) is 5.67. The van der Waals surface area contributed by atoms with Crippen molar-refractivity contribution in [3.8, 4) is 0 Å². The number of halogens is 1. The molecule has 0 saturated carbocycles. The number of carbonyl (C=O) groups excluding carboxylic acids is 3. The van der Waals surface area contributed by atoms with Crippen molar-refractivity contribution in [2.45, 2.75) is 19.8 Å². The summed E-state index contributed by atoms with van der Waals surface area (Å²) in [4.78, 5) is 37.1. The Bertz CT molecular complexity index is 597. The van der Waals surface area contributed by atoms with Gasteiger partial charge in [-0.3, -0.25) is 14.4 Å². The maximum Gasteiger partial charge on any atom is 0.313 e. The van der Waals surface area contributed by atoms with Crippen LogP contribution in [0.1, 0.15) is 19.8 Å². The molecule has 0 bridgehead atoms. The number of amides is 2. The third kappa shape index (κ3) is 4.51. The topological polar surface area (TPSA) is 75.7 Å². The lowest BCUT2D eigenvalue weighted by molar-refractivity contribution is -0.152. The van der Waals surface area contributed by atoms with Crippen LogP contribution in [0, 0.1) is 11.7 Å². The van der Waals surface area contributed by atoms with Crippen LogP contribution in [0.2, 0.25) is 0 Å². The van der Waals surface area contributed by atoms with Crippen LogP contribution in [-0.2, 0) is 19.1 Å². The van der Waals surface area contributed by atoms with Crippen molar-refractivity contribution in [1.29, 1.82) is 0 Å². The Morgan fingerprint density at radius 1 is 1.30 bits per heavy atom. The van der Waals surface area contributed by atoms with Crippen molar-refractivity contribution in [2.24, 2.45) is 5.92 Å². The number of piperidine rings is 1. The van der Waals surface area contributed by atoms with Gasteiger partial charge in [0.05, 0.1) is 12.5 Å². The van der Waals surface area contributed by atoms with Gasteiger partial charge in [0.1, 0.15) is 5.82 Å². The molecule has 124 valence electrons. The summed E-state index contributed by atoms with van der Waals surface area (Å²) in [5.74, 6) is -2.48. The minimum Gasteiger partial charge on any atom is -0.466 e. The Morgan fingerprint density at radius 2 is 2.00 bits per heavy atom. The number of carbonyl (C=O) groups is 3. The van der Waals surface area contributed by atoms with Crippen LogP contribution in [0.15, 0.2) is 24.3 Å². The van der Waals surface area contributed by atoms with Gasteiger partial charge < -0.3 is 15.0 Å². The van der Waals surface area contributed by atoms with Crippen molar-refractivity contribution in [1.82, 2.24) is 4.90 Å². The van der Waals surface area contributed by atoms with Crippen LogP contribution in [0.5, 0.6) is 0 Å². The molecule has 0 aromatic heterocycles. The molecule has 23 heavy (non-hydrogen) atoms. The number of hydrogen-bond donors (Lipinski definition) is 1. The minimum atomic E-state index is -0.815. The lowest BCUT2D eigenvalue weighted by Gasteiger charge is -2.30. The Balaban J connectivity index is 1.87. The van der Waals surface area contributed by atoms with E-state index in [1.165, 1.54) is 23.1 Å². The number of rotatable bonds is 3. The van der Waals surface area contributed by atoms with Crippen LogP contribution in [0.4, 0.5) is 10.1 Å². The van der Waals surface area contributed by atoms with E-state index in [9.17, 15) is 18.8 Å². The molecule has 0 spiro atoms. The first kappa shape index (κ1) is 16.9. The predicted octanol–water partition coefficient (Wildman–Crippen LogP) is 1.57. The SMILES string of the molecule is CCOC(=O)C1CCN(C(=O)C(=O)Nc2cccc(F)c2)CC1. The highest BCUT2D eigenvalue weighted by Gasteiger charge is 2.30. The van der Waals surface area contributed by atoms with E-state index in [0.717, 1.165) is 6.07 Å². The summed E-state index contributed by atoms with van der Waals surface area (Å²) in [7, 11) is 0. The van der Waals surface area contributed by atoms with Gasteiger partial charge in [0, 0.05) is 18.8 Å². The van der Waals surface area contributed by atoms with Crippen molar-refractivity contribution >= 4 is 23.5 Å². The molecule has 0 aliphatic carbocycles. The molecule has 0 radical (unpaired) electrons. The highest BCUT2D eigenvalue weighted by Crippen LogP contribution is 2.19. The Morgan fingerprint density at radius 3 is 2.61 bits per heavy atom. The van der Waals surface area contributed by atoms with Gasteiger partial charge in [0.25, 0.3) is 0 Å². The van der Waals surface area contributed by atoms with Gasteiger partial charge in [-0.25, -0.2) is 4.39 Å². The van der Waals surface area contributed by atoms with Gasteiger partial charge in [-0.05, 0) is 38.0 Å². The van der Waals surface area contributed by atoms with Gasteiger partial charge in [0.15, 0.2) is 0 Å². The van der Waals surface area contributed by atoms with E-state index in [2.05, 4.69) is 5.32 Å². The quantitative estimate of drug-likeness (QED) is 0.677. The monoisotopic (exact) mass is 322 g/mol. The number of nitrogens with one attached hydrogen (secondary N) is 1. The van der Waals surface area contributed by atoms with E-state index >= 15 is 0 Å². The van der Waals surface area contributed by atoms with Gasteiger partial charge >= 0.3 is 17.8 Å². The summed E-state index contributed by atoms with van der Waals surface area (Å²) in [5, 5.41) is 2.37. The van der Waals surface area contributed by atoms with Gasteiger partial charge in [-0.15, -0.1) is 0 Å². The highest BCUT2D eigenvalue weighted by molar-refractivity contribution is 6.39. The molecule has 0 unspecified atom stereocenters. The first-order valence-electron chi connectivity index (χ1n) is 7.53. The third-order valence-electron chi connectivity index (χ3n) is 3.68. The maximum atomic E-state index is 13.1. The van der Waals surface area contributed by atoms with Crippen molar-refractivity contribution in [3.63, 3.8) is 0 Å². The van der Waals surface area contributed by atoms with Crippen LogP contribution in [-0.4, -0.2) is 42.4 Å². The zero-order valence-electron chi connectivity index (χ0n) is 12.9. The first-order valence-corrected chi connectivity index (χ1v) is 7.53. The second-order valence-electron chi connectivity index (χ2n) is 5.28. The zero-order valence-corrected chi connectivity index (χ0v) is 12.9. The fraction of sp³-hybridized carbons (Fsp3) is 0.438. The summed E-state index contributed by atoms with van der Waals surface area (Å²) in [6.07, 6.45) is 0.940. The zero-order chi connectivity index (χ0) is 16.8. The molecular formula is C16H19FN2O4. The van der Waals surface area contributed by atoms with Crippen LogP contribution < -0.4 is 5.32 Å². The fourth-order valence-corrected chi connectivity index (χ4v) is 2.47. The number of likely N-dealkylation sites (tertiary alicyclic amines) is 1. The molecule has 1 fully saturated rings. The summed E-state index contributed by atoms with van der Waals surface area (Å²) in [6, 6.07) is 5.33. The van der Waals surface area contributed by atoms with E-state index in [-0.39, 0.29) is 17.6 Å². The molecule has 7 heteroatoms. The second kappa shape index (κ2) is 7.71. The molecule has 0 atom stereocenters. The lowest BCUT2D eigenvalue weighted by Crippen LogP contribution is -2.45. The first-order chi connectivity index (χ1) is 11.0. The largest absolute Gasteiger partial charge is 0.466 e. The molecular weight excluding hydrogens is 303 g/mol. The smallest absolute Gasteiger partial charge is 0.313 e. The molecule has 1 saturated heterocycles. The predicted molar refractivity (Wildman–Crippen MR) is 81.0 cm³/mol. The fourth-order valence-electron chi connectivity index (χ4n) is 2.47. The number of ether oxygens (including phenoxy) is 1. The minimum absolute atomic E-state index is 0.227. The molecule has 1 aromatic carbocycles. The molecule has 1 aromatic rings. The number of hydrogen-bond acceptors (Lipinski definition) is 4. The molecule has 6 nitrogen and oxygen atoms in total. The molecule has 1 heterocycles. The number of nitrogens with zero attached hydrogens (tertiary/aromatic N) is 1. The lowest BCUT2D eigenvalue weighted by atomic mass is 9.97. The summed E-state index contributed by atoms with van der Waals surface area (Å²) in [6.45, 7) is 2.71. The van der Waals surface area contributed by atoms with E-state index in [4.69, 9.17) is 4.74 Å². The second-order valence-corrected chi connectivity index (χ2v) is 5.28. The van der Waals surface area contributed by atoms with Crippen LogP contribution in [0.25, 0.3) is 0 Å². The normalized spacial score (nSPS) is 15.1. The Labute approximate surface area is 133 Å². The average molecular weight is 322 g/mol. The average Bonchev–Trinajstić information content (AvgIpc) is 2.54. The van der Waals surface area contributed by atoms with Crippen molar-refractivity contribution in [3.05, 3.63) is 30.1 Å². The van der Waals surface area contributed by atoms with Crippen molar-refractivity contribution < 1.29 is 23.5 Å². The van der Waals surface area contributed by atoms with Gasteiger partial charge in [0.2, 0.25) is 0 Å². The standard InChI is InChI=1S/C16H19FN2O4/c1-2-23-16(22)11-6-8-19(9-7-11)15(21)14(20)18-13-5-3-4-12(17)10-13/h3-5,10-11H,2,6-9H2,1H3,(H,18,20). The molecule has 1 aliphatic heterocycles. The van der Waals surface area contributed by atoms with E-state index in [0.29, 0.717) is 32.5 Å². The summed E-state index contributed by atoms with van der Waals surface area (Å²) in [5.41, 5.74) is 0.227. The third-order valence-corrected chi connectivity index (χ3v) is 3.68. The molecule has 1 N–H and O–H groups in total. The number of benzene rings is 1. The van der Waals surface area contributed by atoms with Gasteiger partial charge in [-0.1, -0.05) is 6.07 Å². The Hall–Kier alpha value is -2.44. The van der Waals surface area contributed by atoms with Crippen LogP contribution in [0.3, 0.4) is 0 Å². The van der Waals surface area contributed by atoms with Crippen LogP contribution >= 0.6 is 0 Å². The van der Waals surface area contributed by atoms with E-state index in [1.54, 1.807) is 6.92 Å². The summed E-state index contributed by atoms with van der Waals surface area (Å²) >= 11 is 0. The molecule has 2 rings (SSSR count). The van der Waals surface area contributed by atoms with Crippen molar-refractivity contribution in [2.75, 3.05) is 25.0 Å². The van der Waals surface area contributed by atoms with E-state index < -0.39 is 17.6 Å². The number of esters is 1.